The number of hydrogen-bond donors (Lipinski definition) is 1. The van der Waals surface area contributed by atoms with Crippen LogP contribution in [-0.2, 0) is 0 Å². The zero-order valence-electron chi connectivity index (χ0n) is 8.88. The van der Waals surface area contributed by atoms with Crippen molar-refractivity contribution in [3.63, 3.8) is 0 Å². The van der Waals surface area contributed by atoms with Gasteiger partial charge in [0.25, 0.3) is 5.91 Å². The van der Waals surface area contributed by atoms with Crippen molar-refractivity contribution >= 4 is 55.4 Å². The van der Waals surface area contributed by atoms with E-state index in [-0.39, 0.29) is 5.91 Å². The minimum absolute atomic E-state index is 0.181. The topological polar surface area (TPSA) is 54.9 Å². The lowest BCUT2D eigenvalue weighted by molar-refractivity contribution is 0.103. The van der Waals surface area contributed by atoms with E-state index in [0.717, 1.165) is 9.40 Å². The Morgan fingerprint density at radius 3 is 2.89 bits per heavy atom. The maximum absolute atomic E-state index is 12.0. The van der Waals surface area contributed by atoms with Gasteiger partial charge in [-0.05, 0) is 17.5 Å². The van der Waals surface area contributed by atoms with Crippen LogP contribution >= 0.6 is 34.3 Å². The van der Waals surface area contributed by atoms with Crippen LogP contribution in [0, 0.1) is 0 Å². The first-order chi connectivity index (χ1) is 8.72. The number of rotatable bonds is 2. The first-order valence-corrected chi connectivity index (χ1v) is 7.06. The maximum atomic E-state index is 12.0. The van der Waals surface area contributed by atoms with E-state index in [4.69, 9.17) is 11.6 Å². The molecule has 0 saturated heterocycles. The number of aromatic nitrogens is 2. The number of carbonyl (C=O) groups is 1. The first kappa shape index (κ1) is 11.6. The molecular formula is C11H6ClN3OS2. The van der Waals surface area contributed by atoms with Crippen LogP contribution in [0.2, 0.25) is 5.15 Å². The number of hydrogen-bond acceptors (Lipinski definition) is 5. The molecule has 7 heteroatoms. The van der Waals surface area contributed by atoms with E-state index in [2.05, 4.69) is 15.3 Å². The Kier molecular flexibility index (Phi) is 2.99. The molecule has 18 heavy (non-hydrogen) atoms. The van der Waals surface area contributed by atoms with Crippen LogP contribution in [0.1, 0.15) is 9.67 Å². The lowest BCUT2D eigenvalue weighted by Crippen LogP contribution is -2.11. The molecule has 3 heterocycles. The molecule has 0 aliphatic carbocycles. The van der Waals surface area contributed by atoms with E-state index in [0.29, 0.717) is 15.8 Å². The molecule has 0 aliphatic heterocycles. The van der Waals surface area contributed by atoms with E-state index in [1.54, 1.807) is 11.3 Å². The molecule has 0 fully saturated rings. The van der Waals surface area contributed by atoms with Gasteiger partial charge in [0.05, 0.1) is 17.3 Å². The second-order valence-corrected chi connectivity index (χ2v) is 5.86. The predicted molar refractivity (Wildman–Crippen MR) is 74.7 cm³/mol. The highest BCUT2D eigenvalue weighted by Gasteiger charge is 2.11. The molecule has 1 N–H and O–H groups in total. The molecule has 3 aromatic rings. The molecule has 0 saturated carbocycles. The number of carbonyl (C=O) groups excluding carboxylic acids is 1. The molecule has 0 spiro atoms. The standard InChI is InChI=1S/C11H6ClN3OS2/c12-9-4-14-10(5-13-9)15-11(16)8-3-7-6(18-8)1-2-17-7/h1-5H,(H,14,15,16). The lowest BCUT2D eigenvalue weighted by atomic mass is 10.4. The van der Waals surface area contributed by atoms with Gasteiger partial charge in [0.15, 0.2) is 5.82 Å². The van der Waals surface area contributed by atoms with Gasteiger partial charge in [0.1, 0.15) is 5.15 Å². The Morgan fingerprint density at radius 2 is 2.17 bits per heavy atom. The molecule has 0 bridgehead atoms. The maximum Gasteiger partial charge on any atom is 0.266 e. The summed E-state index contributed by atoms with van der Waals surface area (Å²) >= 11 is 8.70. The average Bonchev–Trinajstić information content (AvgIpc) is 2.92. The second kappa shape index (κ2) is 4.64. The fourth-order valence-electron chi connectivity index (χ4n) is 1.43. The average molecular weight is 296 g/mol. The van der Waals surface area contributed by atoms with Crippen molar-refractivity contribution < 1.29 is 4.79 Å². The number of amides is 1. The summed E-state index contributed by atoms with van der Waals surface area (Å²) < 4.78 is 2.24. The largest absolute Gasteiger partial charge is 0.305 e. The Labute approximate surface area is 115 Å². The van der Waals surface area contributed by atoms with Crippen LogP contribution in [0.5, 0.6) is 0 Å². The minimum Gasteiger partial charge on any atom is -0.305 e. The highest BCUT2D eigenvalue weighted by molar-refractivity contribution is 7.27. The molecule has 1 amide bonds. The van der Waals surface area contributed by atoms with Crippen molar-refractivity contribution in [2.24, 2.45) is 0 Å². The molecule has 0 aromatic carbocycles. The van der Waals surface area contributed by atoms with Gasteiger partial charge in [-0.15, -0.1) is 22.7 Å². The van der Waals surface area contributed by atoms with E-state index < -0.39 is 0 Å². The molecule has 0 aliphatic rings. The second-order valence-electron chi connectivity index (χ2n) is 3.44. The highest BCUT2D eigenvalue weighted by Crippen LogP contribution is 2.30. The van der Waals surface area contributed by atoms with Gasteiger partial charge in [-0.1, -0.05) is 11.6 Å². The molecule has 3 rings (SSSR count). The molecular weight excluding hydrogens is 290 g/mol. The number of fused-ring (bicyclic) bond motifs is 1. The summed E-state index contributed by atoms with van der Waals surface area (Å²) in [6.45, 7) is 0. The summed E-state index contributed by atoms with van der Waals surface area (Å²) in [6.07, 6.45) is 2.82. The summed E-state index contributed by atoms with van der Waals surface area (Å²) in [5.41, 5.74) is 0. The Hall–Kier alpha value is -1.50. The molecule has 4 nitrogen and oxygen atoms in total. The minimum atomic E-state index is -0.181. The van der Waals surface area contributed by atoms with Crippen molar-refractivity contribution in [2.75, 3.05) is 5.32 Å². The van der Waals surface area contributed by atoms with Gasteiger partial charge >= 0.3 is 0 Å². The summed E-state index contributed by atoms with van der Waals surface area (Å²) in [4.78, 5) is 20.4. The Bertz CT molecular complexity index is 676. The monoisotopic (exact) mass is 295 g/mol. The molecule has 90 valence electrons. The van der Waals surface area contributed by atoms with Crippen molar-refractivity contribution in [1.29, 1.82) is 0 Å². The van der Waals surface area contributed by atoms with Crippen LogP contribution in [0.25, 0.3) is 9.40 Å². The van der Waals surface area contributed by atoms with Crippen LogP contribution in [0.3, 0.4) is 0 Å². The quantitative estimate of drug-likeness (QED) is 0.785. The van der Waals surface area contributed by atoms with E-state index in [9.17, 15) is 4.79 Å². The smallest absolute Gasteiger partial charge is 0.266 e. The zero-order chi connectivity index (χ0) is 12.5. The van der Waals surface area contributed by atoms with Gasteiger partial charge in [0.2, 0.25) is 0 Å². The fraction of sp³-hybridized carbons (Fsp3) is 0. The zero-order valence-corrected chi connectivity index (χ0v) is 11.3. The Balaban J connectivity index is 1.82. The normalized spacial score (nSPS) is 10.7. The van der Waals surface area contributed by atoms with Gasteiger partial charge in [-0.3, -0.25) is 4.79 Å². The number of thiophene rings is 2. The SMILES string of the molecule is O=C(Nc1cnc(Cl)cn1)c1cc2sccc2s1. The van der Waals surface area contributed by atoms with E-state index in [1.165, 1.54) is 23.7 Å². The van der Waals surface area contributed by atoms with Crippen LogP contribution < -0.4 is 5.32 Å². The third-order valence-corrected chi connectivity index (χ3v) is 4.51. The fourth-order valence-corrected chi connectivity index (χ4v) is 3.53. The summed E-state index contributed by atoms with van der Waals surface area (Å²) in [7, 11) is 0. The van der Waals surface area contributed by atoms with Gasteiger partial charge in [-0.2, -0.15) is 0 Å². The van der Waals surface area contributed by atoms with Crippen LogP contribution in [0.15, 0.2) is 29.9 Å². The number of nitrogens with zero attached hydrogens (tertiary/aromatic N) is 2. The lowest BCUT2D eigenvalue weighted by Gasteiger charge is -2.01. The van der Waals surface area contributed by atoms with Gasteiger partial charge in [0, 0.05) is 9.40 Å². The van der Waals surface area contributed by atoms with Crippen molar-refractivity contribution in [2.45, 2.75) is 0 Å². The summed E-state index contributed by atoms with van der Waals surface area (Å²) in [6, 6.07) is 3.88. The molecule has 0 unspecified atom stereocenters. The predicted octanol–water partition coefficient (Wildman–Crippen LogP) is 3.66. The molecule has 3 aromatic heterocycles. The number of halogens is 1. The van der Waals surface area contributed by atoms with Gasteiger partial charge < -0.3 is 5.32 Å². The number of anilines is 1. The third-order valence-electron chi connectivity index (χ3n) is 2.23. The third kappa shape index (κ3) is 2.22. The van der Waals surface area contributed by atoms with Crippen LogP contribution in [-0.4, -0.2) is 15.9 Å². The molecule has 0 radical (unpaired) electrons. The van der Waals surface area contributed by atoms with E-state index >= 15 is 0 Å². The van der Waals surface area contributed by atoms with E-state index in [1.807, 2.05) is 17.5 Å². The summed E-state index contributed by atoms with van der Waals surface area (Å²) in [5, 5.41) is 4.98. The van der Waals surface area contributed by atoms with Gasteiger partial charge in [-0.25, -0.2) is 9.97 Å². The number of nitrogens with one attached hydrogen (secondary N) is 1. The Morgan fingerprint density at radius 1 is 1.28 bits per heavy atom. The molecule has 0 atom stereocenters. The van der Waals surface area contributed by atoms with Crippen LogP contribution in [0.4, 0.5) is 5.82 Å². The summed E-state index contributed by atoms with van der Waals surface area (Å²) in [5.74, 6) is 0.209. The first-order valence-electron chi connectivity index (χ1n) is 4.98. The van der Waals surface area contributed by atoms with Crippen molar-refractivity contribution in [1.82, 2.24) is 9.97 Å². The highest BCUT2D eigenvalue weighted by atomic mass is 35.5. The van der Waals surface area contributed by atoms with Crippen molar-refractivity contribution in [3.8, 4) is 0 Å². The van der Waals surface area contributed by atoms with Crippen molar-refractivity contribution in [3.05, 3.63) is 39.9 Å².